The van der Waals surface area contributed by atoms with Crippen LogP contribution in [0.4, 0.5) is 30.4 Å². The highest BCUT2D eigenvalue weighted by Crippen LogP contribution is 2.36. The number of rotatable bonds is 6. The largest absolute Gasteiger partial charge is 0.416 e. The highest BCUT2D eigenvalue weighted by atomic mass is 19.4. The van der Waals surface area contributed by atoms with E-state index in [-0.39, 0.29) is 18.5 Å². The topological polar surface area (TPSA) is 62.2 Å². The molecule has 1 saturated heterocycles. The van der Waals surface area contributed by atoms with Crippen molar-refractivity contribution in [1.82, 2.24) is 9.78 Å². The van der Waals surface area contributed by atoms with Crippen LogP contribution in [-0.2, 0) is 11.0 Å². The number of carbonyl (C=O) groups excluding carboxylic acids is 1. The number of anilines is 3. The third kappa shape index (κ3) is 4.55. The molecule has 4 rings (SSSR count). The maximum atomic E-state index is 13.2. The quantitative estimate of drug-likeness (QED) is 0.712. The molecule has 0 atom stereocenters. The third-order valence-corrected chi connectivity index (χ3v) is 5.82. The molecule has 0 bridgehead atoms. The second-order valence-corrected chi connectivity index (χ2v) is 7.92. The van der Waals surface area contributed by atoms with Crippen LogP contribution in [0.3, 0.4) is 0 Å². The van der Waals surface area contributed by atoms with Crippen molar-refractivity contribution in [3.05, 3.63) is 36.0 Å². The number of carbonyl (C=O) groups is 1. The molecule has 2 fully saturated rings. The van der Waals surface area contributed by atoms with E-state index in [9.17, 15) is 18.0 Å². The first-order valence-corrected chi connectivity index (χ1v) is 10.5. The Morgan fingerprint density at radius 2 is 1.83 bits per heavy atom. The second kappa shape index (κ2) is 8.57. The molecule has 1 aromatic carbocycles. The molecule has 1 aliphatic carbocycles. The molecule has 1 aromatic heterocycles. The predicted molar refractivity (Wildman–Crippen MR) is 110 cm³/mol. The fraction of sp³-hybridized carbons (Fsp3) is 0.524. The van der Waals surface area contributed by atoms with Crippen LogP contribution in [0.2, 0.25) is 0 Å². The summed E-state index contributed by atoms with van der Waals surface area (Å²) < 4.78 is 41.4. The summed E-state index contributed by atoms with van der Waals surface area (Å²) in [5.74, 6) is 0.303. The van der Waals surface area contributed by atoms with Crippen molar-refractivity contribution in [2.24, 2.45) is 0 Å². The molecule has 6 nitrogen and oxygen atoms in total. The van der Waals surface area contributed by atoms with Crippen LogP contribution in [0.5, 0.6) is 0 Å². The summed E-state index contributed by atoms with van der Waals surface area (Å²) in [4.78, 5) is 14.6. The predicted octanol–water partition coefficient (Wildman–Crippen LogP) is 4.67. The van der Waals surface area contributed by atoms with E-state index in [0.29, 0.717) is 17.2 Å². The average Bonchev–Trinajstić information content (AvgIpc) is 3.47. The highest BCUT2D eigenvalue weighted by molar-refractivity contribution is 5.93. The van der Waals surface area contributed by atoms with Gasteiger partial charge in [-0.1, -0.05) is 12.8 Å². The zero-order valence-electron chi connectivity index (χ0n) is 16.7. The molecule has 1 amide bonds. The second-order valence-electron chi connectivity index (χ2n) is 7.92. The number of hydrogen-bond donors (Lipinski definition) is 2. The maximum absolute atomic E-state index is 13.2. The Balaban J connectivity index is 1.46. The van der Waals surface area contributed by atoms with Gasteiger partial charge in [-0.15, -0.1) is 0 Å². The Kier molecular flexibility index (Phi) is 5.87. The smallest absolute Gasteiger partial charge is 0.374 e. The first-order chi connectivity index (χ1) is 14.4. The Morgan fingerprint density at radius 1 is 1.10 bits per heavy atom. The molecule has 162 valence electrons. The zero-order valence-corrected chi connectivity index (χ0v) is 16.7. The normalized spacial score (nSPS) is 17.5. The van der Waals surface area contributed by atoms with Gasteiger partial charge in [0, 0.05) is 19.2 Å². The minimum atomic E-state index is -4.43. The van der Waals surface area contributed by atoms with Gasteiger partial charge in [0.2, 0.25) is 5.91 Å². The van der Waals surface area contributed by atoms with Gasteiger partial charge in [-0.2, -0.15) is 18.3 Å². The minimum absolute atomic E-state index is 0.127. The number of benzene rings is 1. The number of nitrogens with one attached hydrogen (secondary N) is 2. The Bertz CT molecular complexity index is 883. The number of nitrogens with zero attached hydrogens (tertiary/aromatic N) is 3. The minimum Gasteiger partial charge on any atom is -0.374 e. The van der Waals surface area contributed by atoms with Crippen molar-refractivity contribution in [3.8, 4) is 0 Å². The molecule has 0 spiro atoms. The van der Waals surface area contributed by atoms with Gasteiger partial charge < -0.3 is 15.5 Å². The third-order valence-electron chi connectivity index (χ3n) is 5.82. The molecule has 2 heterocycles. The standard InChI is InChI=1S/C21H26F3N5O/c22-21(23,24)15-7-8-18(28-11-3-4-12-28)17(13-15)25-14-20(30)27-19-9-10-26-29(19)16-5-1-2-6-16/h7-10,13,16,25H,1-6,11-12,14H2,(H,27,30). The van der Waals surface area contributed by atoms with Crippen molar-refractivity contribution < 1.29 is 18.0 Å². The number of amides is 1. The van der Waals surface area contributed by atoms with Crippen molar-refractivity contribution in [1.29, 1.82) is 0 Å². The first-order valence-electron chi connectivity index (χ1n) is 10.5. The Morgan fingerprint density at radius 3 is 2.53 bits per heavy atom. The Labute approximate surface area is 173 Å². The van der Waals surface area contributed by atoms with Crippen molar-refractivity contribution in [3.63, 3.8) is 0 Å². The average molecular weight is 421 g/mol. The number of alkyl halides is 3. The summed E-state index contributed by atoms with van der Waals surface area (Å²) in [5.41, 5.74) is 0.295. The summed E-state index contributed by atoms with van der Waals surface area (Å²) in [6.45, 7) is 1.47. The van der Waals surface area contributed by atoms with Crippen LogP contribution in [0.15, 0.2) is 30.5 Å². The summed E-state index contributed by atoms with van der Waals surface area (Å²) in [7, 11) is 0. The van der Waals surface area contributed by atoms with Crippen molar-refractivity contribution in [2.45, 2.75) is 50.7 Å². The summed E-state index contributed by atoms with van der Waals surface area (Å²) in [6, 6.07) is 5.70. The van der Waals surface area contributed by atoms with Gasteiger partial charge in [0.15, 0.2) is 0 Å². The van der Waals surface area contributed by atoms with E-state index < -0.39 is 11.7 Å². The first kappa shape index (κ1) is 20.6. The van der Waals surface area contributed by atoms with Crippen molar-refractivity contribution >= 4 is 23.1 Å². The number of halogens is 3. The molecule has 0 radical (unpaired) electrons. The lowest BCUT2D eigenvalue weighted by Crippen LogP contribution is -2.26. The summed E-state index contributed by atoms with van der Waals surface area (Å²) in [5, 5.41) is 10.1. The number of hydrogen-bond acceptors (Lipinski definition) is 4. The van der Waals surface area contributed by atoms with E-state index in [1.54, 1.807) is 12.3 Å². The fourth-order valence-electron chi connectivity index (χ4n) is 4.30. The maximum Gasteiger partial charge on any atom is 0.416 e. The fourth-order valence-corrected chi connectivity index (χ4v) is 4.30. The molecule has 1 saturated carbocycles. The van der Waals surface area contributed by atoms with Gasteiger partial charge in [-0.3, -0.25) is 4.79 Å². The van der Waals surface area contributed by atoms with Gasteiger partial charge in [-0.25, -0.2) is 4.68 Å². The SMILES string of the molecule is O=C(CNc1cc(C(F)(F)F)ccc1N1CCCC1)Nc1ccnn1C1CCCC1. The monoisotopic (exact) mass is 421 g/mol. The molecule has 0 unspecified atom stereocenters. The van der Waals surface area contributed by atoms with Crippen LogP contribution in [-0.4, -0.2) is 35.3 Å². The molecular formula is C21H26F3N5O. The molecule has 1 aliphatic heterocycles. The van der Waals surface area contributed by atoms with Gasteiger partial charge in [0.05, 0.1) is 35.7 Å². The molecule has 9 heteroatoms. The molecule has 2 aromatic rings. The van der Waals surface area contributed by atoms with Gasteiger partial charge in [0.1, 0.15) is 5.82 Å². The van der Waals surface area contributed by atoms with E-state index in [1.807, 2.05) is 4.68 Å². The van der Waals surface area contributed by atoms with Crippen LogP contribution in [0.25, 0.3) is 0 Å². The van der Waals surface area contributed by atoms with Gasteiger partial charge >= 0.3 is 6.18 Å². The molecule has 30 heavy (non-hydrogen) atoms. The van der Waals surface area contributed by atoms with Crippen LogP contribution in [0.1, 0.15) is 50.1 Å². The zero-order chi connectivity index (χ0) is 21.1. The molecule has 2 aliphatic rings. The van der Waals surface area contributed by atoms with Crippen LogP contribution < -0.4 is 15.5 Å². The van der Waals surface area contributed by atoms with E-state index >= 15 is 0 Å². The lowest BCUT2D eigenvalue weighted by atomic mass is 10.1. The van der Waals surface area contributed by atoms with E-state index in [0.717, 1.165) is 63.7 Å². The van der Waals surface area contributed by atoms with E-state index in [4.69, 9.17) is 0 Å². The van der Waals surface area contributed by atoms with Gasteiger partial charge in [0.25, 0.3) is 0 Å². The molecule has 2 N–H and O–H groups in total. The highest BCUT2D eigenvalue weighted by Gasteiger charge is 2.31. The molecular weight excluding hydrogens is 395 g/mol. The van der Waals surface area contributed by atoms with Crippen molar-refractivity contribution in [2.75, 3.05) is 35.2 Å². The lowest BCUT2D eigenvalue weighted by Gasteiger charge is -2.23. The Hall–Kier alpha value is -2.71. The summed E-state index contributed by atoms with van der Waals surface area (Å²) >= 11 is 0. The summed E-state index contributed by atoms with van der Waals surface area (Å²) in [6.07, 6.45) is 3.59. The van der Waals surface area contributed by atoms with E-state index in [2.05, 4.69) is 20.6 Å². The van der Waals surface area contributed by atoms with Crippen LogP contribution in [0, 0.1) is 0 Å². The van der Waals surface area contributed by atoms with Gasteiger partial charge in [-0.05, 0) is 43.9 Å². The van der Waals surface area contributed by atoms with Crippen LogP contribution >= 0.6 is 0 Å². The lowest BCUT2D eigenvalue weighted by molar-refractivity contribution is -0.137. The van der Waals surface area contributed by atoms with E-state index in [1.165, 1.54) is 6.07 Å². The number of aromatic nitrogens is 2.